The lowest BCUT2D eigenvalue weighted by Crippen LogP contribution is -2.11. The molecule has 0 fully saturated rings. The van der Waals surface area contributed by atoms with E-state index in [1.54, 1.807) is 35.3 Å². The molecule has 2 aromatic heterocycles. The van der Waals surface area contributed by atoms with Crippen LogP contribution >= 0.6 is 27.5 Å². The number of nitrogens with zero attached hydrogens (tertiary/aromatic N) is 4. The van der Waals surface area contributed by atoms with Gasteiger partial charge in [0.05, 0.1) is 29.6 Å². The van der Waals surface area contributed by atoms with E-state index >= 15 is 0 Å². The number of aryl methyl sites for hydroxylation is 1. The van der Waals surface area contributed by atoms with E-state index in [0.717, 1.165) is 22.1 Å². The van der Waals surface area contributed by atoms with Crippen molar-refractivity contribution in [1.82, 2.24) is 19.6 Å². The monoisotopic (exact) mass is 513 g/mol. The Hall–Kier alpha value is -3.10. The summed E-state index contributed by atoms with van der Waals surface area (Å²) in [5.74, 6) is 0.405. The topological polar surface area (TPSA) is 74.0 Å². The summed E-state index contributed by atoms with van der Waals surface area (Å²) in [4.78, 5) is 12.6. The molecule has 1 amide bonds. The molecular weight excluding hydrogens is 494 g/mol. The first-order valence-electron chi connectivity index (χ1n) is 10.0. The first-order chi connectivity index (χ1) is 15.5. The number of benzene rings is 2. The summed E-state index contributed by atoms with van der Waals surface area (Å²) < 4.78 is 10.3. The molecule has 4 aromatic rings. The molecule has 2 aromatic carbocycles. The van der Waals surface area contributed by atoms with Crippen molar-refractivity contribution >= 4 is 39.1 Å². The molecule has 0 bridgehead atoms. The lowest BCUT2D eigenvalue weighted by molar-refractivity contribution is 0.102. The second kappa shape index (κ2) is 10.0. The number of amides is 1. The first-order valence-corrected chi connectivity index (χ1v) is 11.2. The summed E-state index contributed by atoms with van der Waals surface area (Å²) in [6.45, 7) is 3.80. The standard InChI is InChI=1S/C23H21BrClN5O2/c1-2-29-12-17(10-26-29)13-30-14-20(11-27-30)28-23(31)18-5-3-16(4-6-18)15-32-22-8-7-19(24)9-21(22)25/h3-12,14H,2,13,15H2,1H3,(H,28,31). The van der Waals surface area contributed by atoms with Gasteiger partial charge in [-0.3, -0.25) is 14.2 Å². The lowest BCUT2D eigenvalue weighted by Gasteiger charge is -2.09. The number of hydrogen-bond donors (Lipinski definition) is 1. The van der Waals surface area contributed by atoms with Crippen LogP contribution in [0.3, 0.4) is 0 Å². The Labute approximate surface area is 199 Å². The van der Waals surface area contributed by atoms with Gasteiger partial charge in [0.1, 0.15) is 12.4 Å². The van der Waals surface area contributed by atoms with E-state index in [1.807, 2.05) is 48.3 Å². The minimum Gasteiger partial charge on any atom is -0.487 e. The third-order valence-corrected chi connectivity index (χ3v) is 5.54. The van der Waals surface area contributed by atoms with Crippen molar-refractivity contribution in [3.05, 3.63) is 93.4 Å². The Morgan fingerprint density at radius 1 is 1.06 bits per heavy atom. The molecule has 0 unspecified atom stereocenters. The molecule has 0 saturated heterocycles. The SMILES string of the molecule is CCn1cc(Cn2cc(NC(=O)c3ccc(COc4ccc(Br)cc4Cl)cc3)cn2)cn1. The number of aromatic nitrogens is 4. The number of hydrogen-bond acceptors (Lipinski definition) is 4. The third-order valence-electron chi connectivity index (χ3n) is 4.75. The fraction of sp³-hybridized carbons (Fsp3) is 0.174. The molecule has 0 aliphatic heterocycles. The van der Waals surface area contributed by atoms with Crippen LogP contribution in [0.2, 0.25) is 5.02 Å². The van der Waals surface area contributed by atoms with Gasteiger partial charge in [0, 0.05) is 34.5 Å². The van der Waals surface area contributed by atoms with Crippen LogP contribution in [-0.4, -0.2) is 25.5 Å². The van der Waals surface area contributed by atoms with Crippen LogP contribution in [0.4, 0.5) is 5.69 Å². The van der Waals surface area contributed by atoms with E-state index in [2.05, 4.69) is 31.4 Å². The van der Waals surface area contributed by atoms with Crippen molar-refractivity contribution < 1.29 is 9.53 Å². The third kappa shape index (κ3) is 5.57. The molecule has 32 heavy (non-hydrogen) atoms. The van der Waals surface area contributed by atoms with E-state index < -0.39 is 0 Å². The molecule has 4 rings (SSSR count). The lowest BCUT2D eigenvalue weighted by atomic mass is 10.1. The number of halogens is 2. The number of nitrogens with one attached hydrogen (secondary N) is 1. The largest absolute Gasteiger partial charge is 0.487 e. The minimum atomic E-state index is -0.202. The number of anilines is 1. The Bertz CT molecular complexity index is 1220. The molecular formula is C23H21BrClN5O2. The van der Waals surface area contributed by atoms with Gasteiger partial charge >= 0.3 is 0 Å². The van der Waals surface area contributed by atoms with Crippen molar-refractivity contribution in [2.75, 3.05) is 5.32 Å². The fourth-order valence-electron chi connectivity index (χ4n) is 3.07. The van der Waals surface area contributed by atoms with Crippen molar-refractivity contribution in [1.29, 1.82) is 0 Å². The van der Waals surface area contributed by atoms with Crippen LogP contribution in [-0.2, 0) is 19.7 Å². The van der Waals surface area contributed by atoms with Crippen molar-refractivity contribution in [3.63, 3.8) is 0 Å². The Morgan fingerprint density at radius 3 is 2.56 bits per heavy atom. The minimum absolute atomic E-state index is 0.202. The smallest absolute Gasteiger partial charge is 0.255 e. The highest BCUT2D eigenvalue weighted by Gasteiger charge is 2.09. The Balaban J connectivity index is 1.32. The fourth-order valence-corrected chi connectivity index (χ4v) is 3.80. The Morgan fingerprint density at radius 2 is 1.84 bits per heavy atom. The molecule has 164 valence electrons. The molecule has 0 radical (unpaired) electrons. The zero-order valence-corrected chi connectivity index (χ0v) is 19.7. The second-order valence-corrected chi connectivity index (χ2v) is 8.47. The van der Waals surface area contributed by atoms with Crippen LogP contribution in [0, 0.1) is 0 Å². The normalized spacial score (nSPS) is 10.8. The molecule has 0 saturated carbocycles. The highest BCUT2D eigenvalue weighted by atomic mass is 79.9. The molecule has 0 aliphatic carbocycles. The first kappa shape index (κ1) is 22.1. The molecule has 0 atom stereocenters. The quantitative estimate of drug-likeness (QED) is 0.342. The molecule has 0 spiro atoms. The van der Waals surface area contributed by atoms with Gasteiger partial charge in [-0.2, -0.15) is 10.2 Å². The van der Waals surface area contributed by atoms with Crippen LogP contribution in [0.1, 0.15) is 28.4 Å². The summed E-state index contributed by atoms with van der Waals surface area (Å²) in [6, 6.07) is 12.7. The zero-order valence-electron chi connectivity index (χ0n) is 17.3. The highest BCUT2D eigenvalue weighted by molar-refractivity contribution is 9.10. The van der Waals surface area contributed by atoms with E-state index in [1.165, 1.54) is 0 Å². The van der Waals surface area contributed by atoms with Gasteiger partial charge in [-0.05, 0) is 42.8 Å². The van der Waals surface area contributed by atoms with Crippen molar-refractivity contribution in [2.24, 2.45) is 0 Å². The number of carbonyl (C=O) groups excluding carboxylic acids is 1. The summed E-state index contributed by atoms with van der Waals surface area (Å²) >= 11 is 9.55. The van der Waals surface area contributed by atoms with E-state index in [-0.39, 0.29) is 5.91 Å². The van der Waals surface area contributed by atoms with Crippen LogP contribution in [0.15, 0.2) is 71.7 Å². The zero-order chi connectivity index (χ0) is 22.5. The Kier molecular flexibility index (Phi) is 6.92. The predicted octanol–water partition coefficient (Wildman–Crippen LogP) is 5.40. The van der Waals surface area contributed by atoms with Crippen molar-refractivity contribution in [2.45, 2.75) is 26.6 Å². The predicted molar refractivity (Wildman–Crippen MR) is 127 cm³/mol. The highest BCUT2D eigenvalue weighted by Crippen LogP contribution is 2.28. The van der Waals surface area contributed by atoms with Crippen LogP contribution < -0.4 is 10.1 Å². The van der Waals surface area contributed by atoms with Gasteiger partial charge in [0.2, 0.25) is 0 Å². The van der Waals surface area contributed by atoms with Gasteiger partial charge in [0.25, 0.3) is 5.91 Å². The van der Waals surface area contributed by atoms with Gasteiger partial charge in [0.15, 0.2) is 0 Å². The maximum atomic E-state index is 12.6. The molecule has 7 nitrogen and oxygen atoms in total. The summed E-state index contributed by atoms with van der Waals surface area (Å²) in [5, 5.41) is 12.0. The molecule has 9 heteroatoms. The summed E-state index contributed by atoms with van der Waals surface area (Å²) in [7, 11) is 0. The van der Waals surface area contributed by atoms with Gasteiger partial charge in [-0.25, -0.2) is 0 Å². The molecule has 1 N–H and O–H groups in total. The summed E-state index contributed by atoms with van der Waals surface area (Å²) in [6.07, 6.45) is 7.23. The van der Waals surface area contributed by atoms with Crippen LogP contribution in [0.5, 0.6) is 5.75 Å². The molecule has 0 aliphatic rings. The average molecular weight is 515 g/mol. The van der Waals surface area contributed by atoms with E-state index in [4.69, 9.17) is 16.3 Å². The van der Waals surface area contributed by atoms with E-state index in [9.17, 15) is 4.79 Å². The van der Waals surface area contributed by atoms with Gasteiger partial charge in [-0.15, -0.1) is 0 Å². The number of carbonyl (C=O) groups is 1. The molecule has 2 heterocycles. The maximum Gasteiger partial charge on any atom is 0.255 e. The summed E-state index contributed by atoms with van der Waals surface area (Å²) in [5.41, 5.74) is 3.17. The number of ether oxygens (including phenoxy) is 1. The second-order valence-electron chi connectivity index (χ2n) is 7.15. The average Bonchev–Trinajstić information content (AvgIpc) is 3.43. The number of rotatable bonds is 8. The van der Waals surface area contributed by atoms with Gasteiger partial charge in [-0.1, -0.05) is 39.7 Å². The van der Waals surface area contributed by atoms with Crippen LogP contribution in [0.25, 0.3) is 0 Å². The van der Waals surface area contributed by atoms with E-state index in [0.29, 0.717) is 35.2 Å². The van der Waals surface area contributed by atoms with Crippen molar-refractivity contribution in [3.8, 4) is 5.75 Å². The maximum absolute atomic E-state index is 12.6. The van der Waals surface area contributed by atoms with Gasteiger partial charge < -0.3 is 10.1 Å².